The lowest BCUT2D eigenvalue weighted by atomic mass is 9.97. The zero-order chi connectivity index (χ0) is 20.6. The van der Waals surface area contributed by atoms with Crippen LogP contribution >= 0.6 is 0 Å². The van der Waals surface area contributed by atoms with E-state index < -0.39 is 6.10 Å². The number of ether oxygens (including phenoxy) is 2. The van der Waals surface area contributed by atoms with Gasteiger partial charge in [-0.05, 0) is 43.2 Å². The fourth-order valence-corrected chi connectivity index (χ4v) is 3.35. The molecule has 0 aliphatic carbocycles. The number of carbonyl (C=O) groups excluding carboxylic acids is 2. The molecule has 3 rings (SSSR count). The molecule has 1 heterocycles. The third-order valence-corrected chi connectivity index (χ3v) is 5.07. The summed E-state index contributed by atoms with van der Waals surface area (Å²) in [6.45, 7) is 6.69. The molecule has 6 heteroatoms. The Bertz CT molecular complexity index is 801. The van der Waals surface area contributed by atoms with Crippen LogP contribution in [0.1, 0.15) is 31.7 Å². The summed E-state index contributed by atoms with van der Waals surface area (Å²) < 4.78 is 10.8. The first kappa shape index (κ1) is 20.9. The van der Waals surface area contributed by atoms with Crippen molar-refractivity contribution in [1.82, 2.24) is 0 Å². The van der Waals surface area contributed by atoms with E-state index in [4.69, 9.17) is 9.47 Å². The Labute approximate surface area is 171 Å². The molecule has 0 bridgehead atoms. The van der Waals surface area contributed by atoms with E-state index in [1.165, 1.54) is 0 Å². The second-order valence-corrected chi connectivity index (χ2v) is 7.09. The van der Waals surface area contributed by atoms with Gasteiger partial charge in [0.2, 0.25) is 0 Å². The highest BCUT2D eigenvalue weighted by Gasteiger charge is 2.25. The maximum atomic E-state index is 12.5. The zero-order valence-electron chi connectivity index (χ0n) is 17.0. The topological polar surface area (TPSA) is 67.9 Å². The van der Waals surface area contributed by atoms with Crippen molar-refractivity contribution in [2.24, 2.45) is 0 Å². The van der Waals surface area contributed by atoms with E-state index in [1.54, 1.807) is 6.92 Å². The number of nitrogens with one attached hydrogen (secondary N) is 1. The molecule has 1 aliphatic heterocycles. The normalized spacial score (nSPS) is 16.0. The van der Waals surface area contributed by atoms with Crippen LogP contribution in [0, 0.1) is 0 Å². The van der Waals surface area contributed by atoms with Gasteiger partial charge in [-0.3, -0.25) is 9.59 Å². The van der Waals surface area contributed by atoms with E-state index in [1.807, 2.05) is 61.5 Å². The Balaban J connectivity index is 1.55. The molecule has 1 saturated heterocycles. The summed E-state index contributed by atoms with van der Waals surface area (Å²) in [5.74, 6) is -1.11. The highest BCUT2D eigenvalue weighted by molar-refractivity contribution is 5.95. The summed E-state index contributed by atoms with van der Waals surface area (Å²) in [5, 5.41) is 2.81. The third kappa shape index (κ3) is 5.57. The van der Waals surface area contributed by atoms with Gasteiger partial charge in [0, 0.05) is 24.5 Å². The minimum atomic E-state index is -0.876. The van der Waals surface area contributed by atoms with Gasteiger partial charge in [-0.2, -0.15) is 0 Å². The van der Waals surface area contributed by atoms with Gasteiger partial charge >= 0.3 is 5.97 Å². The molecule has 0 unspecified atom stereocenters. The Morgan fingerprint density at radius 3 is 2.34 bits per heavy atom. The van der Waals surface area contributed by atoms with Crippen molar-refractivity contribution in [3.63, 3.8) is 0 Å². The van der Waals surface area contributed by atoms with Crippen LogP contribution in [0.2, 0.25) is 0 Å². The van der Waals surface area contributed by atoms with E-state index in [9.17, 15) is 9.59 Å². The zero-order valence-corrected chi connectivity index (χ0v) is 17.0. The summed E-state index contributed by atoms with van der Waals surface area (Å²) in [5.41, 5.74) is 2.66. The summed E-state index contributed by atoms with van der Waals surface area (Å²) >= 11 is 0. The van der Waals surface area contributed by atoms with Gasteiger partial charge in [-0.25, -0.2) is 0 Å². The van der Waals surface area contributed by atoms with Crippen LogP contribution in [0.3, 0.4) is 0 Å². The molecular weight excluding hydrogens is 368 g/mol. The van der Waals surface area contributed by atoms with Crippen LogP contribution in [0.15, 0.2) is 54.6 Å². The average Bonchev–Trinajstić information content (AvgIpc) is 2.76. The highest BCUT2D eigenvalue weighted by Crippen LogP contribution is 2.22. The third-order valence-electron chi connectivity index (χ3n) is 5.07. The Hall–Kier alpha value is -2.86. The molecule has 1 aliphatic rings. The van der Waals surface area contributed by atoms with Crippen LogP contribution in [0.25, 0.3) is 0 Å². The van der Waals surface area contributed by atoms with E-state index in [-0.39, 0.29) is 17.8 Å². The van der Waals surface area contributed by atoms with Crippen LogP contribution in [-0.4, -0.2) is 44.3 Å². The van der Waals surface area contributed by atoms with Crippen molar-refractivity contribution in [2.75, 3.05) is 36.5 Å². The maximum Gasteiger partial charge on any atom is 0.314 e. The summed E-state index contributed by atoms with van der Waals surface area (Å²) in [7, 11) is 0. The molecule has 1 amide bonds. The monoisotopic (exact) mass is 396 g/mol. The second-order valence-electron chi connectivity index (χ2n) is 7.09. The van der Waals surface area contributed by atoms with Crippen molar-refractivity contribution < 1.29 is 19.1 Å². The maximum absolute atomic E-state index is 12.5. The predicted octanol–water partition coefficient (Wildman–Crippen LogP) is 3.59. The Morgan fingerprint density at radius 1 is 1.07 bits per heavy atom. The number of benzene rings is 2. The SMILES string of the molecule is CC[C@H](C(=O)O[C@@H](C)C(=O)Nc1ccc(N2CCOCC2)cc1)c1ccccc1. The molecule has 154 valence electrons. The second kappa shape index (κ2) is 10.1. The lowest BCUT2D eigenvalue weighted by Crippen LogP contribution is -2.36. The molecule has 0 aromatic heterocycles. The highest BCUT2D eigenvalue weighted by atomic mass is 16.5. The van der Waals surface area contributed by atoms with Crippen molar-refractivity contribution in [3.05, 3.63) is 60.2 Å². The van der Waals surface area contributed by atoms with Gasteiger partial charge < -0.3 is 19.7 Å². The minimum Gasteiger partial charge on any atom is -0.452 e. The lowest BCUT2D eigenvalue weighted by Gasteiger charge is -2.29. The Morgan fingerprint density at radius 2 is 1.72 bits per heavy atom. The smallest absolute Gasteiger partial charge is 0.314 e. The number of hydrogen-bond acceptors (Lipinski definition) is 5. The van der Waals surface area contributed by atoms with Crippen LogP contribution in [0.5, 0.6) is 0 Å². The first-order valence-electron chi connectivity index (χ1n) is 10.1. The molecule has 1 N–H and O–H groups in total. The van der Waals surface area contributed by atoms with E-state index >= 15 is 0 Å². The van der Waals surface area contributed by atoms with Crippen molar-refractivity contribution in [1.29, 1.82) is 0 Å². The molecule has 0 spiro atoms. The standard InChI is InChI=1S/C23H28N2O4/c1-3-21(18-7-5-4-6-8-18)23(27)29-17(2)22(26)24-19-9-11-20(12-10-19)25-13-15-28-16-14-25/h4-12,17,21H,3,13-16H2,1-2H3,(H,24,26)/t17-,21-/m0/s1. The van der Waals surface area contributed by atoms with Crippen molar-refractivity contribution in [2.45, 2.75) is 32.3 Å². The summed E-state index contributed by atoms with van der Waals surface area (Å²) in [6.07, 6.45) is -0.264. The van der Waals surface area contributed by atoms with Gasteiger partial charge in [-0.15, -0.1) is 0 Å². The molecule has 2 aromatic rings. The summed E-state index contributed by atoms with van der Waals surface area (Å²) in [6, 6.07) is 17.1. The number of morpholine rings is 1. The molecule has 1 fully saturated rings. The number of anilines is 2. The van der Waals surface area contributed by atoms with Gasteiger partial charge in [0.15, 0.2) is 6.10 Å². The molecule has 2 atom stereocenters. The fourth-order valence-electron chi connectivity index (χ4n) is 3.35. The average molecular weight is 396 g/mol. The Kier molecular flexibility index (Phi) is 7.25. The molecule has 29 heavy (non-hydrogen) atoms. The quantitative estimate of drug-likeness (QED) is 0.725. The molecule has 0 radical (unpaired) electrons. The molecule has 6 nitrogen and oxygen atoms in total. The van der Waals surface area contributed by atoms with E-state index in [2.05, 4.69) is 10.2 Å². The number of hydrogen-bond donors (Lipinski definition) is 1. The number of carbonyl (C=O) groups is 2. The van der Waals surface area contributed by atoms with Crippen molar-refractivity contribution >= 4 is 23.3 Å². The summed E-state index contributed by atoms with van der Waals surface area (Å²) in [4.78, 5) is 27.3. The number of esters is 1. The first-order valence-corrected chi connectivity index (χ1v) is 10.1. The fraction of sp³-hybridized carbons (Fsp3) is 0.391. The van der Waals surface area contributed by atoms with Gasteiger partial charge in [-0.1, -0.05) is 37.3 Å². The first-order chi connectivity index (χ1) is 14.1. The molecule has 0 saturated carbocycles. The van der Waals surface area contributed by atoms with Crippen LogP contribution in [0.4, 0.5) is 11.4 Å². The number of nitrogens with zero attached hydrogens (tertiary/aromatic N) is 1. The lowest BCUT2D eigenvalue weighted by molar-refractivity contribution is -0.154. The van der Waals surface area contributed by atoms with Crippen LogP contribution in [-0.2, 0) is 19.1 Å². The number of rotatable bonds is 7. The predicted molar refractivity (Wildman–Crippen MR) is 113 cm³/mol. The van der Waals surface area contributed by atoms with Crippen LogP contribution < -0.4 is 10.2 Å². The minimum absolute atomic E-state index is 0.347. The van der Waals surface area contributed by atoms with Gasteiger partial charge in [0.1, 0.15) is 0 Å². The van der Waals surface area contributed by atoms with E-state index in [0.717, 1.165) is 37.6 Å². The van der Waals surface area contributed by atoms with E-state index in [0.29, 0.717) is 12.1 Å². The van der Waals surface area contributed by atoms with Crippen molar-refractivity contribution in [3.8, 4) is 0 Å². The van der Waals surface area contributed by atoms with Gasteiger partial charge in [0.25, 0.3) is 5.91 Å². The largest absolute Gasteiger partial charge is 0.452 e. The van der Waals surface area contributed by atoms with Gasteiger partial charge in [0.05, 0.1) is 19.1 Å². The molecular formula is C23H28N2O4. The molecule has 2 aromatic carbocycles. The number of amides is 1.